The van der Waals surface area contributed by atoms with Crippen LogP contribution in [-0.4, -0.2) is 53.5 Å². The van der Waals surface area contributed by atoms with Gasteiger partial charge in [0.25, 0.3) is 0 Å². The van der Waals surface area contributed by atoms with Crippen LogP contribution in [0.5, 0.6) is 11.5 Å². The smallest absolute Gasteiger partial charge is 0.410 e. The van der Waals surface area contributed by atoms with Gasteiger partial charge in [-0.15, -0.1) is 0 Å². The standard InChI is InChI=1S/C34H39FN2O6/c1-34(2,3)43-33(40)37-19-7-10-27(37)21-32(39)36-30(23-41-22-25-8-5-4-6-9-25)31(38)20-24-11-15-28(16-12-24)42-29-17-13-26(35)14-18-29/h4-6,8-9,11-18,27,30H,7,10,19-23H2,1-3H3,(H,36,39)/t27-,30-/m0/s1. The van der Waals surface area contributed by atoms with Gasteiger partial charge in [-0.3, -0.25) is 9.59 Å². The molecule has 0 spiro atoms. The van der Waals surface area contributed by atoms with E-state index in [0.717, 1.165) is 17.5 Å². The fourth-order valence-corrected chi connectivity index (χ4v) is 4.80. The first kappa shape index (κ1) is 31.7. The molecule has 0 saturated carbocycles. The topological polar surface area (TPSA) is 94.2 Å². The minimum atomic E-state index is -0.872. The fraction of sp³-hybridized carbons (Fsp3) is 0.382. The van der Waals surface area contributed by atoms with E-state index in [1.807, 2.05) is 30.3 Å². The molecular weight excluding hydrogens is 551 g/mol. The minimum absolute atomic E-state index is 0.00563. The monoisotopic (exact) mass is 590 g/mol. The number of likely N-dealkylation sites (tertiary alicyclic amines) is 1. The summed E-state index contributed by atoms with van der Waals surface area (Å²) in [5, 5.41) is 2.86. The molecule has 1 aliphatic heterocycles. The molecule has 3 aromatic carbocycles. The van der Waals surface area contributed by atoms with Gasteiger partial charge in [0.15, 0.2) is 5.78 Å². The molecule has 43 heavy (non-hydrogen) atoms. The van der Waals surface area contributed by atoms with Crippen LogP contribution in [0, 0.1) is 5.82 Å². The lowest BCUT2D eigenvalue weighted by Gasteiger charge is -2.28. The molecule has 2 atom stereocenters. The molecule has 0 bridgehead atoms. The van der Waals surface area contributed by atoms with E-state index < -0.39 is 17.7 Å². The highest BCUT2D eigenvalue weighted by Gasteiger charge is 2.34. The third-order valence-electron chi connectivity index (χ3n) is 6.90. The Bertz CT molecular complexity index is 1360. The number of amides is 2. The van der Waals surface area contributed by atoms with Gasteiger partial charge in [0, 0.05) is 25.4 Å². The Morgan fingerprint density at radius 3 is 2.23 bits per heavy atom. The van der Waals surface area contributed by atoms with Gasteiger partial charge in [0.05, 0.1) is 13.2 Å². The molecular formula is C34H39FN2O6. The van der Waals surface area contributed by atoms with E-state index in [9.17, 15) is 18.8 Å². The molecule has 0 unspecified atom stereocenters. The highest BCUT2D eigenvalue weighted by molar-refractivity contribution is 5.90. The predicted octanol–water partition coefficient (Wildman–Crippen LogP) is 6.22. The van der Waals surface area contributed by atoms with E-state index in [2.05, 4.69) is 5.32 Å². The number of benzene rings is 3. The van der Waals surface area contributed by atoms with E-state index in [4.69, 9.17) is 14.2 Å². The Morgan fingerprint density at radius 2 is 1.58 bits per heavy atom. The van der Waals surface area contributed by atoms with Crippen LogP contribution in [0.3, 0.4) is 0 Å². The SMILES string of the molecule is CC(C)(C)OC(=O)N1CCC[C@H]1CC(=O)N[C@@H](COCc1ccccc1)C(=O)Cc1ccc(Oc2ccc(F)cc2)cc1. The van der Waals surface area contributed by atoms with Crippen molar-refractivity contribution < 1.29 is 33.0 Å². The number of Topliss-reactive ketones (excluding diaryl/α,β-unsaturated/α-hetero) is 1. The third kappa shape index (κ3) is 10.2. The van der Waals surface area contributed by atoms with Gasteiger partial charge in [0.1, 0.15) is 29.0 Å². The molecule has 4 rings (SSSR count). The Balaban J connectivity index is 1.37. The molecule has 1 N–H and O–H groups in total. The third-order valence-corrected chi connectivity index (χ3v) is 6.90. The average Bonchev–Trinajstić information content (AvgIpc) is 3.42. The van der Waals surface area contributed by atoms with Crippen molar-refractivity contribution >= 4 is 17.8 Å². The largest absolute Gasteiger partial charge is 0.457 e. The summed E-state index contributed by atoms with van der Waals surface area (Å²) in [5.74, 6) is 0.162. The second kappa shape index (κ2) is 14.8. The van der Waals surface area contributed by atoms with Crippen molar-refractivity contribution in [3.63, 3.8) is 0 Å². The Hall–Kier alpha value is -4.24. The van der Waals surface area contributed by atoms with Crippen LogP contribution in [-0.2, 0) is 32.1 Å². The van der Waals surface area contributed by atoms with E-state index in [1.54, 1.807) is 49.9 Å². The highest BCUT2D eigenvalue weighted by Crippen LogP contribution is 2.24. The summed E-state index contributed by atoms with van der Waals surface area (Å²) >= 11 is 0. The summed E-state index contributed by atoms with van der Waals surface area (Å²) in [4.78, 5) is 40.8. The van der Waals surface area contributed by atoms with Crippen molar-refractivity contribution in [3.8, 4) is 11.5 Å². The van der Waals surface area contributed by atoms with Gasteiger partial charge in [-0.2, -0.15) is 0 Å². The molecule has 9 heteroatoms. The fourth-order valence-electron chi connectivity index (χ4n) is 4.80. The summed E-state index contributed by atoms with van der Waals surface area (Å²) in [6.07, 6.45) is 1.16. The molecule has 1 fully saturated rings. The minimum Gasteiger partial charge on any atom is -0.457 e. The molecule has 1 heterocycles. The second-order valence-corrected chi connectivity index (χ2v) is 11.6. The van der Waals surface area contributed by atoms with Gasteiger partial charge in [-0.1, -0.05) is 42.5 Å². The van der Waals surface area contributed by atoms with Crippen molar-refractivity contribution in [1.82, 2.24) is 10.2 Å². The first-order valence-electron chi connectivity index (χ1n) is 14.5. The molecule has 3 aromatic rings. The van der Waals surface area contributed by atoms with Gasteiger partial charge >= 0.3 is 6.09 Å². The first-order valence-corrected chi connectivity index (χ1v) is 14.5. The zero-order valence-electron chi connectivity index (χ0n) is 24.9. The summed E-state index contributed by atoms with van der Waals surface area (Å²) in [6.45, 7) is 6.24. The molecule has 228 valence electrons. The molecule has 0 aromatic heterocycles. The number of carbonyl (C=O) groups excluding carboxylic acids is 3. The van der Waals surface area contributed by atoms with E-state index in [0.29, 0.717) is 31.1 Å². The van der Waals surface area contributed by atoms with E-state index in [1.165, 1.54) is 24.3 Å². The Morgan fingerprint density at radius 1 is 0.930 bits per heavy atom. The van der Waals surface area contributed by atoms with Crippen LogP contribution in [0.2, 0.25) is 0 Å². The highest BCUT2D eigenvalue weighted by atomic mass is 19.1. The van der Waals surface area contributed by atoms with E-state index in [-0.39, 0.29) is 43.0 Å². The average molecular weight is 591 g/mol. The quantitative estimate of drug-likeness (QED) is 0.269. The van der Waals surface area contributed by atoms with Crippen molar-refractivity contribution in [2.24, 2.45) is 0 Å². The van der Waals surface area contributed by atoms with Crippen LogP contribution < -0.4 is 10.1 Å². The molecule has 1 aliphatic rings. The van der Waals surface area contributed by atoms with Crippen LogP contribution in [0.15, 0.2) is 78.9 Å². The maximum Gasteiger partial charge on any atom is 0.410 e. The van der Waals surface area contributed by atoms with Crippen LogP contribution in [0.25, 0.3) is 0 Å². The molecule has 0 aliphatic carbocycles. The number of halogens is 1. The number of ketones is 1. The van der Waals surface area contributed by atoms with Crippen molar-refractivity contribution in [3.05, 3.63) is 95.8 Å². The lowest BCUT2D eigenvalue weighted by atomic mass is 10.0. The lowest BCUT2D eigenvalue weighted by molar-refractivity contribution is -0.129. The maximum absolute atomic E-state index is 13.4. The number of nitrogens with one attached hydrogen (secondary N) is 1. The Labute approximate surface area is 252 Å². The number of nitrogens with zero attached hydrogens (tertiary/aromatic N) is 1. The molecule has 8 nitrogen and oxygen atoms in total. The zero-order valence-corrected chi connectivity index (χ0v) is 24.9. The second-order valence-electron chi connectivity index (χ2n) is 11.6. The zero-order chi connectivity index (χ0) is 30.8. The number of hydrogen-bond acceptors (Lipinski definition) is 6. The summed E-state index contributed by atoms with van der Waals surface area (Å²) < 4.78 is 30.3. The van der Waals surface area contributed by atoms with Crippen molar-refractivity contribution in [2.75, 3.05) is 13.2 Å². The summed E-state index contributed by atoms with van der Waals surface area (Å²) in [7, 11) is 0. The van der Waals surface area contributed by atoms with Crippen LogP contribution in [0.4, 0.5) is 9.18 Å². The number of hydrogen-bond donors (Lipinski definition) is 1. The van der Waals surface area contributed by atoms with Crippen LogP contribution in [0.1, 0.15) is 51.2 Å². The predicted molar refractivity (Wildman–Crippen MR) is 160 cm³/mol. The molecule has 2 amide bonds. The van der Waals surface area contributed by atoms with Crippen molar-refractivity contribution in [1.29, 1.82) is 0 Å². The van der Waals surface area contributed by atoms with Gasteiger partial charge in [-0.05, 0) is 81.1 Å². The Kier molecular flexibility index (Phi) is 10.9. The summed E-state index contributed by atoms with van der Waals surface area (Å²) in [6, 6.07) is 21.1. The normalized spacial score (nSPS) is 15.5. The van der Waals surface area contributed by atoms with E-state index >= 15 is 0 Å². The molecule has 1 saturated heterocycles. The van der Waals surface area contributed by atoms with Gasteiger partial charge in [-0.25, -0.2) is 9.18 Å². The van der Waals surface area contributed by atoms with Gasteiger partial charge in [0.2, 0.25) is 5.91 Å². The number of ether oxygens (including phenoxy) is 3. The van der Waals surface area contributed by atoms with Gasteiger partial charge < -0.3 is 24.4 Å². The number of carbonyl (C=O) groups is 3. The first-order chi connectivity index (χ1) is 20.6. The summed E-state index contributed by atoms with van der Waals surface area (Å²) in [5.41, 5.74) is 1.06. The van der Waals surface area contributed by atoms with Crippen molar-refractivity contribution in [2.45, 2.75) is 70.7 Å². The maximum atomic E-state index is 13.4. The molecule has 0 radical (unpaired) electrons. The number of rotatable bonds is 12. The van der Waals surface area contributed by atoms with Crippen LogP contribution >= 0.6 is 0 Å². The lowest BCUT2D eigenvalue weighted by Crippen LogP contribution is -2.47.